The standard InChI is InChI=1S/C60H100O6/c1-4-7-10-13-16-19-22-25-28-29-30-31-33-35-38-41-44-47-50-53-59(62)65-56-57(55-64-58(61)52-49-46-43-40-37-34-27-24-21-18-15-12-9-6-3)66-60(63)54-51-48-45-42-39-36-32-26-23-20-17-14-11-8-5-2/h7,10,16,19,24-28,30-32,35,38,44,47,57H,4-6,8-9,11-15,17-18,20-23,29,33-34,36-37,39-43,45-46,48-56H2,1-3H3/b10-7-,19-16-,27-24-,28-25-,31-30-,32-26-,38-35-,47-44-. The van der Waals surface area contributed by atoms with Gasteiger partial charge in [-0.25, -0.2) is 0 Å². The van der Waals surface area contributed by atoms with Gasteiger partial charge in [-0.1, -0.05) is 214 Å². The van der Waals surface area contributed by atoms with Crippen molar-refractivity contribution in [2.75, 3.05) is 13.2 Å². The van der Waals surface area contributed by atoms with E-state index in [1.807, 2.05) is 6.08 Å². The van der Waals surface area contributed by atoms with Crippen molar-refractivity contribution < 1.29 is 28.6 Å². The van der Waals surface area contributed by atoms with Crippen molar-refractivity contribution in [2.24, 2.45) is 0 Å². The van der Waals surface area contributed by atoms with Crippen LogP contribution in [0.25, 0.3) is 0 Å². The van der Waals surface area contributed by atoms with Gasteiger partial charge in [-0.15, -0.1) is 0 Å². The molecule has 0 aromatic rings. The number of allylic oxidation sites excluding steroid dienone is 16. The Morgan fingerprint density at radius 1 is 0.318 bits per heavy atom. The lowest BCUT2D eigenvalue weighted by Gasteiger charge is -2.18. The summed E-state index contributed by atoms with van der Waals surface area (Å²) in [5.41, 5.74) is 0. The first-order chi connectivity index (χ1) is 32.5. The number of rotatable bonds is 48. The zero-order chi connectivity index (χ0) is 47.9. The third kappa shape index (κ3) is 51.3. The maximum absolute atomic E-state index is 12.8. The van der Waals surface area contributed by atoms with Crippen LogP contribution in [0.15, 0.2) is 97.2 Å². The first kappa shape index (κ1) is 62.3. The van der Waals surface area contributed by atoms with Gasteiger partial charge in [0.2, 0.25) is 0 Å². The van der Waals surface area contributed by atoms with E-state index in [1.165, 1.54) is 96.3 Å². The molecule has 0 saturated heterocycles. The largest absolute Gasteiger partial charge is 0.462 e. The average molecular weight is 917 g/mol. The maximum atomic E-state index is 12.8. The molecule has 6 heteroatoms. The molecular formula is C60H100O6. The third-order valence-electron chi connectivity index (χ3n) is 11.3. The molecular weight excluding hydrogens is 817 g/mol. The van der Waals surface area contributed by atoms with E-state index >= 15 is 0 Å². The molecule has 66 heavy (non-hydrogen) atoms. The van der Waals surface area contributed by atoms with Crippen LogP contribution < -0.4 is 0 Å². The molecule has 0 bridgehead atoms. The summed E-state index contributed by atoms with van der Waals surface area (Å²) in [6, 6.07) is 0. The first-order valence-corrected chi connectivity index (χ1v) is 27.2. The molecule has 0 amide bonds. The third-order valence-corrected chi connectivity index (χ3v) is 11.3. The lowest BCUT2D eigenvalue weighted by molar-refractivity contribution is -0.166. The first-order valence-electron chi connectivity index (χ1n) is 27.2. The van der Waals surface area contributed by atoms with Gasteiger partial charge in [0, 0.05) is 19.3 Å². The van der Waals surface area contributed by atoms with Gasteiger partial charge in [0.25, 0.3) is 0 Å². The van der Waals surface area contributed by atoms with E-state index in [1.54, 1.807) is 0 Å². The number of hydrogen-bond donors (Lipinski definition) is 0. The van der Waals surface area contributed by atoms with Gasteiger partial charge in [0.15, 0.2) is 6.10 Å². The van der Waals surface area contributed by atoms with Gasteiger partial charge in [-0.3, -0.25) is 14.4 Å². The Labute approximate surface area is 407 Å². The highest BCUT2D eigenvalue weighted by Gasteiger charge is 2.19. The highest BCUT2D eigenvalue weighted by molar-refractivity contribution is 5.71. The summed E-state index contributed by atoms with van der Waals surface area (Å²) in [4.78, 5) is 38.0. The van der Waals surface area contributed by atoms with Crippen LogP contribution in [-0.2, 0) is 28.6 Å². The van der Waals surface area contributed by atoms with Crippen molar-refractivity contribution in [3.63, 3.8) is 0 Å². The Balaban J connectivity index is 4.53. The van der Waals surface area contributed by atoms with E-state index < -0.39 is 6.10 Å². The molecule has 0 aliphatic heterocycles. The van der Waals surface area contributed by atoms with Crippen molar-refractivity contribution in [1.29, 1.82) is 0 Å². The van der Waals surface area contributed by atoms with Gasteiger partial charge in [0.1, 0.15) is 13.2 Å². The molecule has 0 aromatic heterocycles. The maximum Gasteiger partial charge on any atom is 0.306 e. The minimum atomic E-state index is -0.816. The molecule has 0 aliphatic carbocycles. The fourth-order valence-electron chi connectivity index (χ4n) is 7.22. The molecule has 0 N–H and O–H groups in total. The molecule has 376 valence electrons. The average Bonchev–Trinajstić information content (AvgIpc) is 3.31. The smallest absolute Gasteiger partial charge is 0.306 e. The van der Waals surface area contributed by atoms with Gasteiger partial charge < -0.3 is 14.2 Å². The molecule has 0 rings (SSSR count). The summed E-state index contributed by atoms with van der Waals surface area (Å²) in [5, 5.41) is 0. The van der Waals surface area contributed by atoms with Crippen LogP contribution in [0.4, 0.5) is 0 Å². The number of ether oxygens (including phenoxy) is 3. The number of hydrogen-bond acceptors (Lipinski definition) is 6. The Kier molecular flexibility index (Phi) is 50.9. The van der Waals surface area contributed by atoms with Crippen LogP contribution >= 0.6 is 0 Å². The predicted octanol–water partition coefficient (Wildman–Crippen LogP) is 18.1. The summed E-state index contributed by atoms with van der Waals surface area (Å²) < 4.78 is 16.7. The van der Waals surface area contributed by atoms with Crippen molar-refractivity contribution in [3.8, 4) is 0 Å². The molecule has 1 unspecified atom stereocenters. The fourth-order valence-corrected chi connectivity index (χ4v) is 7.22. The van der Waals surface area contributed by atoms with E-state index in [9.17, 15) is 14.4 Å². The van der Waals surface area contributed by atoms with E-state index in [4.69, 9.17) is 14.2 Å². The topological polar surface area (TPSA) is 78.9 Å². The van der Waals surface area contributed by atoms with Crippen LogP contribution in [0, 0.1) is 0 Å². The zero-order valence-corrected chi connectivity index (χ0v) is 42.9. The second kappa shape index (κ2) is 53.9. The van der Waals surface area contributed by atoms with Crippen LogP contribution in [-0.4, -0.2) is 37.2 Å². The van der Waals surface area contributed by atoms with E-state index in [0.717, 1.165) is 103 Å². The molecule has 0 fully saturated rings. The Hall–Kier alpha value is -3.67. The second-order valence-electron chi connectivity index (χ2n) is 17.7. The lowest BCUT2D eigenvalue weighted by atomic mass is 10.1. The van der Waals surface area contributed by atoms with Crippen molar-refractivity contribution in [1.82, 2.24) is 0 Å². The van der Waals surface area contributed by atoms with Gasteiger partial charge in [-0.05, 0) is 109 Å². The summed E-state index contributed by atoms with van der Waals surface area (Å²) >= 11 is 0. The summed E-state index contributed by atoms with van der Waals surface area (Å²) in [5.74, 6) is -1.01. The number of esters is 3. The Morgan fingerprint density at radius 3 is 1.02 bits per heavy atom. The number of unbranched alkanes of at least 4 members (excludes halogenated alkanes) is 21. The van der Waals surface area contributed by atoms with E-state index in [-0.39, 0.29) is 37.5 Å². The lowest BCUT2D eigenvalue weighted by Crippen LogP contribution is -2.30. The van der Waals surface area contributed by atoms with Crippen molar-refractivity contribution in [3.05, 3.63) is 97.2 Å². The fraction of sp³-hybridized carbons (Fsp3) is 0.683. The van der Waals surface area contributed by atoms with Crippen molar-refractivity contribution in [2.45, 2.75) is 252 Å². The molecule has 0 aromatic carbocycles. The van der Waals surface area contributed by atoms with Crippen molar-refractivity contribution >= 4 is 17.9 Å². The Morgan fingerprint density at radius 2 is 0.621 bits per heavy atom. The summed E-state index contributed by atoms with van der Waals surface area (Å²) in [6.45, 7) is 6.43. The van der Waals surface area contributed by atoms with Crippen LogP contribution in [0.3, 0.4) is 0 Å². The molecule has 0 aliphatic rings. The van der Waals surface area contributed by atoms with Gasteiger partial charge in [0.05, 0.1) is 0 Å². The predicted molar refractivity (Wildman–Crippen MR) is 284 cm³/mol. The molecule has 1 atom stereocenters. The minimum absolute atomic E-state index is 0.109. The van der Waals surface area contributed by atoms with Crippen LogP contribution in [0.2, 0.25) is 0 Å². The molecule has 6 nitrogen and oxygen atoms in total. The van der Waals surface area contributed by atoms with Crippen LogP contribution in [0.1, 0.15) is 245 Å². The highest BCUT2D eigenvalue weighted by Crippen LogP contribution is 2.13. The molecule has 0 spiro atoms. The van der Waals surface area contributed by atoms with Gasteiger partial charge >= 0.3 is 17.9 Å². The minimum Gasteiger partial charge on any atom is -0.462 e. The van der Waals surface area contributed by atoms with Gasteiger partial charge in [-0.2, -0.15) is 0 Å². The SMILES string of the molecule is CC/C=C\C/C=C\C/C=C\C/C=C\C/C=C\C/C=C\CCC(=O)OCC(COC(=O)CCCCCCC/C=C\CCCCCCC)OC(=O)CCCCCCC/C=C\CCCCCCCC. The number of carbonyl (C=O) groups is 3. The monoisotopic (exact) mass is 917 g/mol. The normalized spacial score (nSPS) is 12.8. The van der Waals surface area contributed by atoms with E-state index in [0.29, 0.717) is 19.3 Å². The number of carbonyl (C=O) groups excluding carboxylic acids is 3. The molecule has 0 heterocycles. The van der Waals surface area contributed by atoms with Crippen LogP contribution in [0.5, 0.6) is 0 Å². The summed E-state index contributed by atoms with van der Waals surface area (Å²) in [7, 11) is 0. The Bertz CT molecular complexity index is 1330. The molecule has 0 radical (unpaired) electrons. The summed E-state index contributed by atoms with van der Waals surface area (Å²) in [6.07, 6.45) is 71.2. The van der Waals surface area contributed by atoms with E-state index in [2.05, 4.69) is 112 Å². The zero-order valence-electron chi connectivity index (χ0n) is 42.9. The quantitative estimate of drug-likeness (QED) is 0.0262. The second-order valence-corrected chi connectivity index (χ2v) is 17.7. The highest BCUT2D eigenvalue weighted by atomic mass is 16.6. The molecule has 0 saturated carbocycles.